The maximum Gasteiger partial charge on any atom is 0.262 e. The maximum absolute atomic E-state index is 14.4. The molecule has 2 aromatic heterocycles. The van der Waals surface area contributed by atoms with E-state index in [1.165, 1.54) is 57.1 Å². The molecule has 0 amide bonds. The number of hydrogen-bond acceptors (Lipinski definition) is 17. The molecule has 2 N–H and O–H groups in total. The highest BCUT2D eigenvalue weighted by Crippen LogP contribution is 2.41. The number of aromatic nitrogens is 7. The number of hydrogen-bond donors (Lipinski definition) is 2. The average Bonchev–Trinajstić information content (AvgIpc) is 4.16. The number of aromatic amines is 2. The quantitative estimate of drug-likeness (QED) is 0.0537. The summed E-state index contributed by atoms with van der Waals surface area (Å²) in [6.07, 6.45) is 1.32. The Morgan fingerprint density at radius 1 is 0.474 bits per heavy atom. The zero-order valence-corrected chi connectivity index (χ0v) is 49.2. The molecule has 400 valence electrons. The number of benzene rings is 6. The fourth-order valence-corrected chi connectivity index (χ4v) is 16.1. The summed E-state index contributed by atoms with van der Waals surface area (Å²) < 4.78 is 132. The number of H-pyrrole nitrogens is 2. The highest BCUT2D eigenvalue weighted by molar-refractivity contribution is 14.1. The van der Waals surface area contributed by atoms with Crippen LogP contribution in [0.1, 0.15) is 22.3 Å². The SMILES string of the molecule is COc1ccc(CN(Cc2ccc(OC)cc2)S(=O)(=O)c2c(S(=O)(=O)Cl)ccc(I)c2-c2cn[nH]n2)cc1.COc1ccc(CN(Cc2ccc(OC)cc2)S(=O)(=O)c2c(S(=O)(=O)Cl)ccc(I)c2-c2nn[nH]n2)cc1. The van der Waals surface area contributed by atoms with Crippen molar-refractivity contribution in [1.29, 1.82) is 0 Å². The number of halogens is 4. The van der Waals surface area contributed by atoms with E-state index in [-0.39, 0.29) is 48.8 Å². The summed E-state index contributed by atoms with van der Waals surface area (Å²) in [6, 6.07) is 32.8. The standard InChI is InChI=1S/C24H22ClIN4O6S2.C23H21ClIN5O6S2/c1-35-18-7-3-16(4-8-18)14-30(15-17-5-9-19(36-2)10-6-17)38(33,34)24-22(37(25,31)32)12-11-20(26)23(24)21-13-27-29-28-21;1-35-17-7-3-15(4-8-17)13-30(14-16-5-9-18(36-2)10-6-16)38(33,34)22-20(37(24,31)32)12-11-19(25)21(22)23-26-28-29-27-23/h3-13H,14-15H2,1-2H3,(H,27,28,29);3-12H,13-14H2,1-2H3,(H,26,27,28,29). The van der Waals surface area contributed by atoms with Gasteiger partial charge in [-0.05, 0) is 145 Å². The number of sulfonamides is 2. The topological polar surface area (TPSA) is 276 Å². The number of ether oxygens (including phenoxy) is 4. The Morgan fingerprint density at radius 3 is 1.11 bits per heavy atom. The van der Waals surface area contributed by atoms with Gasteiger partial charge in [-0.15, -0.1) is 10.2 Å². The summed E-state index contributed by atoms with van der Waals surface area (Å²) >= 11 is 3.82. The molecule has 0 aliphatic rings. The van der Waals surface area contributed by atoms with Gasteiger partial charge in [0.25, 0.3) is 18.1 Å². The van der Waals surface area contributed by atoms with Gasteiger partial charge in [-0.1, -0.05) is 48.5 Å². The molecule has 0 saturated heterocycles. The molecule has 6 aromatic carbocycles. The number of nitrogens with zero attached hydrogens (tertiary/aromatic N) is 7. The summed E-state index contributed by atoms with van der Waals surface area (Å²) in [5, 5.41) is 23.8. The van der Waals surface area contributed by atoms with Gasteiger partial charge >= 0.3 is 0 Å². The molecule has 0 spiro atoms. The van der Waals surface area contributed by atoms with Crippen molar-refractivity contribution in [2.24, 2.45) is 0 Å². The molecule has 0 fully saturated rings. The molecule has 76 heavy (non-hydrogen) atoms. The predicted molar refractivity (Wildman–Crippen MR) is 298 cm³/mol. The number of rotatable bonds is 20. The lowest BCUT2D eigenvalue weighted by Crippen LogP contribution is -2.32. The molecule has 0 aliphatic heterocycles. The summed E-state index contributed by atoms with van der Waals surface area (Å²) in [4.78, 5) is -2.15. The zero-order valence-electron chi connectivity index (χ0n) is 40.1. The van der Waals surface area contributed by atoms with Gasteiger partial charge in [-0.2, -0.15) is 29.2 Å². The molecule has 0 saturated carbocycles. The minimum atomic E-state index is -4.54. The molecular weight excluding hydrogens is 1340 g/mol. The molecule has 0 aliphatic carbocycles. The summed E-state index contributed by atoms with van der Waals surface area (Å²) in [6.45, 7) is -0.303. The van der Waals surface area contributed by atoms with Crippen molar-refractivity contribution >= 4 is 105 Å². The normalized spacial score (nSPS) is 12.0. The highest BCUT2D eigenvalue weighted by Gasteiger charge is 2.38. The van der Waals surface area contributed by atoms with Crippen LogP contribution in [0.25, 0.3) is 22.6 Å². The van der Waals surface area contributed by atoms with Crippen LogP contribution >= 0.6 is 66.5 Å². The number of methoxy groups -OCH3 is 4. The second-order valence-corrected chi connectivity index (χ2v) is 27.0. The fraction of sp³-hybridized carbons (Fsp3) is 0.170. The highest BCUT2D eigenvalue weighted by atomic mass is 127. The van der Waals surface area contributed by atoms with Gasteiger partial charge in [0.05, 0.1) is 40.2 Å². The second kappa shape index (κ2) is 24.9. The first-order valence-electron chi connectivity index (χ1n) is 21.7. The van der Waals surface area contributed by atoms with Gasteiger partial charge in [0, 0.05) is 60.2 Å². The van der Waals surface area contributed by atoms with E-state index in [0.717, 1.165) is 10.4 Å². The van der Waals surface area contributed by atoms with Crippen molar-refractivity contribution < 1.29 is 52.6 Å². The Labute approximate surface area is 474 Å². The van der Waals surface area contributed by atoms with E-state index < -0.39 is 57.7 Å². The van der Waals surface area contributed by atoms with E-state index in [0.29, 0.717) is 52.4 Å². The minimum Gasteiger partial charge on any atom is -0.497 e. The molecular formula is C47H43Cl2I2N9O12S4. The van der Waals surface area contributed by atoms with Crippen LogP contribution in [0.5, 0.6) is 23.0 Å². The van der Waals surface area contributed by atoms with E-state index in [1.807, 2.05) is 45.2 Å². The monoisotopic (exact) mass is 1380 g/mol. The minimum absolute atomic E-state index is 0.0319. The molecule has 21 nitrogen and oxygen atoms in total. The second-order valence-electron chi connectivity index (χ2n) is 15.9. The van der Waals surface area contributed by atoms with Crippen molar-refractivity contribution in [1.82, 2.24) is 44.6 Å². The molecule has 8 rings (SSSR count). The Bertz CT molecular complexity index is 3410. The Morgan fingerprint density at radius 2 is 0.816 bits per heavy atom. The summed E-state index contributed by atoms with van der Waals surface area (Å²) in [5.74, 6) is 2.33. The van der Waals surface area contributed by atoms with Crippen molar-refractivity contribution in [2.75, 3.05) is 28.4 Å². The van der Waals surface area contributed by atoms with Gasteiger partial charge < -0.3 is 18.9 Å². The third-order valence-electron chi connectivity index (χ3n) is 11.2. The van der Waals surface area contributed by atoms with E-state index in [9.17, 15) is 33.7 Å². The van der Waals surface area contributed by atoms with Crippen LogP contribution in [-0.4, -0.2) is 107 Å². The molecule has 8 aromatic rings. The van der Waals surface area contributed by atoms with Crippen LogP contribution in [0.2, 0.25) is 0 Å². The van der Waals surface area contributed by atoms with Crippen molar-refractivity contribution in [3.63, 3.8) is 0 Å². The van der Waals surface area contributed by atoms with Crippen molar-refractivity contribution in [3.8, 4) is 45.6 Å². The zero-order chi connectivity index (χ0) is 55.0. The molecule has 2 heterocycles. The molecule has 0 atom stereocenters. The van der Waals surface area contributed by atoms with Crippen molar-refractivity contribution in [2.45, 2.75) is 45.8 Å². The van der Waals surface area contributed by atoms with Gasteiger partial charge in [-0.25, -0.2) is 33.7 Å². The fourth-order valence-electron chi connectivity index (χ4n) is 7.46. The number of nitrogens with one attached hydrogen (secondary N) is 2. The van der Waals surface area contributed by atoms with Gasteiger partial charge in [0.1, 0.15) is 48.3 Å². The van der Waals surface area contributed by atoms with Crippen LogP contribution in [0.4, 0.5) is 0 Å². The summed E-state index contributed by atoms with van der Waals surface area (Å²) in [5.41, 5.74) is 2.81. The van der Waals surface area contributed by atoms with Gasteiger partial charge in [-0.3, -0.25) is 0 Å². The van der Waals surface area contributed by atoms with E-state index in [1.54, 1.807) is 97.1 Å². The van der Waals surface area contributed by atoms with Crippen LogP contribution < -0.4 is 18.9 Å². The molecule has 0 radical (unpaired) electrons. The third kappa shape index (κ3) is 13.8. The largest absolute Gasteiger partial charge is 0.497 e. The van der Waals surface area contributed by atoms with Crippen molar-refractivity contribution in [3.05, 3.63) is 157 Å². The van der Waals surface area contributed by atoms with Crippen LogP contribution in [0.3, 0.4) is 0 Å². The van der Waals surface area contributed by atoms with E-state index in [2.05, 4.69) is 36.0 Å². The third-order valence-corrected chi connectivity index (χ3v) is 19.7. The molecule has 29 heteroatoms. The lowest BCUT2D eigenvalue weighted by Gasteiger charge is -2.25. The number of tetrazole rings is 1. The summed E-state index contributed by atoms with van der Waals surface area (Å²) in [7, 11) is -0.387. The predicted octanol–water partition coefficient (Wildman–Crippen LogP) is 8.22. The first-order chi connectivity index (χ1) is 36.1. The van der Waals surface area contributed by atoms with E-state index in [4.69, 9.17) is 40.3 Å². The first-order valence-corrected chi connectivity index (χ1v) is 31.4. The average molecular weight is 1380 g/mol. The van der Waals surface area contributed by atoms with Crippen LogP contribution in [0.15, 0.2) is 147 Å². The van der Waals surface area contributed by atoms with Crippen LogP contribution in [0, 0.1) is 7.14 Å². The van der Waals surface area contributed by atoms with Gasteiger partial charge in [0.2, 0.25) is 25.9 Å². The Kier molecular flexibility index (Phi) is 19.0. The van der Waals surface area contributed by atoms with Gasteiger partial charge in [0.15, 0.2) is 0 Å². The van der Waals surface area contributed by atoms with E-state index >= 15 is 0 Å². The Hall–Kier alpha value is -5.51. The van der Waals surface area contributed by atoms with Crippen LogP contribution in [-0.2, 0) is 64.3 Å². The molecule has 0 bridgehead atoms. The Balaban J connectivity index is 0.000000221. The lowest BCUT2D eigenvalue weighted by molar-refractivity contribution is 0.396. The maximum atomic E-state index is 14.4. The molecule has 0 unspecified atom stereocenters. The lowest BCUT2D eigenvalue weighted by atomic mass is 10.2. The smallest absolute Gasteiger partial charge is 0.262 e. The first kappa shape index (κ1) is 58.2.